The SMILES string of the molecule is FC(F)(F)OCCOCCOCc1ccccc1. The van der Waals surface area contributed by atoms with Gasteiger partial charge in [-0.25, -0.2) is 0 Å². The van der Waals surface area contributed by atoms with Crippen LogP contribution < -0.4 is 0 Å². The average Bonchev–Trinajstić information content (AvgIpc) is 2.32. The fraction of sp³-hybridized carbons (Fsp3) is 0.500. The summed E-state index contributed by atoms with van der Waals surface area (Å²) in [5.41, 5.74) is 1.04. The minimum Gasteiger partial charge on any atom is -0.377 e. The summed E-state index contributed by atoms with van der Waals surface area (Å²) in [6.07, 6.45) is -4.59. The monoisotopic (exact) mass is 264 g/mol. The van der Waals surface area contributed by atoms with Crippen molar-refractivity contribution in [2.24, 2.45) is 0 Å². The Morgan fingerprint density at radius 1 is 0.833 bits per heavy atom. The number of rotatable bonds is 8. The van der Waals surface area contributed by atoms with Gasteiger partial charge in [0.2, 0.25) is 0 Å². The molecule has 0 aliphatic rings. The van der Waals surface area contributed by atoms with Crippen LogP contribution in [-0.4, -0.2) is 32.8 Å². The van der Waals surface area contributed by atoms with Crippen LogP contribution in [-0.2, 0) is 20.8 Å². The zero-order valence-electron chi connectivity index (χ0n) is 9.78. The molecule has 18 heavy (non-hydrogen) atoms. The highest BCUT2D eigenvalue weighted by Gasteiger charge is 2.28. The van der Waals surface area contributed by atoms with Crippen LogP contribution in [0.15, 0.2) is 30.3 Å². The quantitative estimate of drug-likeness (QED) is 0.676. The van der Waals surface area contributed by atoms with E-state index >= 15 is 0 Å². The fourth-order valence-corrected chi connectivity index (χ4v) is 1.20. The summed E-state index contributed by atoms with van der Waals surface area (Å²) in [6.45, 7) is 0.439. The molecule has 1 rings (SSSR count). The maximum absolute atomic E-state index is 11.6. The molecule has 0 aliphatic heterocycles. The summed E-state index contributed by atoms with van der Waals surface area (Å²) in [5.74, 6) is 0. The van der Waals surface area contributed by atoms with E-state index in [2.05, 4.69) is 4.74 Å². The van der Waals surface area contributed by atoms with Gasteiger partial charge in [0.05, 0.1) is 33.0 Å². The van der Waals surface area contributed by atoms with Crippen LogP contribution in [0.25, 0.3) is 0 Å². The molecule has 0 saturated carbocycles. The van der Waals surface area contributed by atoms with E-state index in [9.17, 15) is 13.2 Å². The number of hydrogen-bond donors (Lipinski definition) is 0. The lowest BCUT2D eigenvalue weighted by Gasteiger charge is -2.08. The number of alkyl halides is 3. The smallest absolute Gasteiger partial charge is 0.377 e. The molecule has 0 atom stereocenters. The minimum absolute atomic E-state index is 0.103. The van der Waals surface area contributed by atoms with E-state index in [0.717, 1.165) is 5.56 Å². The Kier molecular flexibility index (Phi) is 6.70. The highest BCUT2D eigenvalue weighted by Crippen LogP contribution is 2.15. The van der Waals surface area contributed by atoms with E-state index in [1.807, 2.05) is 30.3 Å². The lowest BCUT2D eigenvalue weighted by molar-refractivity contribution is -0.327. The second-order valence-corrected chi connectivity index (χ2v) is 3.44. The molecule has 6 heteroatoms. The molecule has 0 aromatic heterocycles. The topological polar surface area (TPSA) is 27.7 Å². The maximum Gasteiger partial charge on any atom is 0.522 e. The molecule has 0 radical (unpaired) electrons. The van der Waals surface area contributed by atoms with Gasteiger partial charge in [-0.15, -0.1) is 13.2 Å². The summed E-state index contributed by atoms with van der Waals surface area (Å²) in [7, 11) is 0. The molecule has 3 nitrogen and oxygen atoms in total. The third-order valence-electron chi connectivity index (χ3n) is 1.98. The van der Waals surface area contributed by atoms with Crippen LogP contribution in [0, 0.1) is 0 Å². The van der Waals surface area contributed by atoms with Gasteiger partial charge in [0.1, 0.15) is 0 Å². The minimum atomic E-state index is -4.59. The Morgan fingerprint density at radius 3 is 2.11 bits per heavy atom. The Hall–Kier alpha value is -1.11. The maximum atomic E-state index is 11.6. The standard InChI is InChI=1S/C12H15F3O3/c13-12(14,15)18-9-8-16-6-7-17-10-11-4-2-1-3-5-11/h1-5H,6-10H2. The third-order valence-corrected chi connectivity index (χ3v) is 1.98. The summed E-state index contributed by atoms with van der Waals surface area (Å²) in [6, 6.07) is 9.58. The van der Waals surface area contributed by atoms with Crippen molar-refractivity contribution in [1.29, 1.82) is 0 Å². The van der Waals surface area contributed by atoms with Crippen molar-refractivity contribution in [3.05, 3.63) is 35.9 Å². The van der Waals surface area contributed by atoms with Crippen molar-refractivity contribution in [3.63, 3.8) is 0 Å². The van der Waals surface area contributed by atoms with E-state index < -0.39 is 13.0 Å². The van der Waals surface area contributed by atoms with Gasteiger partial charge in [0.25, 0.3) is 0 Å². The zero-order valence-corrected chi connectivity index (χ0v) is 9.78. The van der Waals surface area contributed by atoms with Gasteiger partial charge >= 0.3 is 6.36 Å². The van der Waals surface area contributed by atoms with Gasteiger partial charge in [-0.3, -0.25) is 4.74 Å². The fourth-order valence-electron chi connectivity index (χ4n) is 1.20. The van der Waals surface area contributed by atoms with Crippen LogP contribution in [0.2, 0.25) is 0 Å². The molecule has 1 aromatic rings. The van der Waals surface area contributed by atoms with Crippen LogP contribution in [0.1, 0.15) is 5.56 Å². The second-order valence-electron chi connectivity index (χ2n) is 3.44. The highest BCUT2D eigenvalue weighted by atomic mass is 19.4. The summed E-state index contributed by atoms with van der Waals surface area (Å²) in [4.78, 5) is 0. The molecule has 0 amide bonds. The second kappa shape index (κ2) is 8.07. The highest BCUT2D eigenvalue weighted by molar-refractivity contribution is 5.13. The van der Waals surface area contributed by atoms with Crippen molar-refractivity contribution in [2.75, 3.05) is 26.4 Å². The lowest BCUT2D eigenvalue weighted by atomic mass is 10.2. The van der Waals surface area contributed by atoms with E-state index in [-0.39, 0.29) is 13.2 Å². The van der Waals surface area contributed by atoms with Gasteiger partial charge in [-0.05, 0) is 5.56 Å². The van der Waals surface area contributed by atoms with Gasteiger partial charge in [0, 0.05) is 0 Å². The number of ether oxygens (including phenoxy) is 3. The predicted octanol–water partition coefficient (Wildman–Crippen LogP) is 2.76. The number of hydrogen-bond acceptors (Lipinski definition) is 3. The molecule has 0 spiro atoms. The van der Waals surface area contributed by atoms with Gasteiger partial charge in [-0.1, -0.05) is 30.3 Å². The van der Waals surface area contributed by atoms with Crippen molar-refractivity contribution >= 4 is 0 Å². The molecule has 0 aliphatic carbocycles. The van der Waals surface area contributed by atoms with E-state index in [1.54, 1.807) is 0 Å². The molecule has 0 saturated heterocycles. The predicted molar refractivity (Wildman–Crippen MR) is 58.9 cm³/mol. The third kappa shape index (κ3) is 8.05. The van der Waals surface area contributed by atoms with Crippen molar-refractivity contribution in [2.45, 2.75) is 13.0 Å². The first kappa shape index (κ1) is 14.9. The molecular weight excluding hydrogens is 249 g/mol. The molecule has 0 fully saturated rings. The van der Waals surface area contributed by atoms with Crippen molar-refractivity contribution < 1.29 is 27.4 Å². The Morgan fingerprint density at radius 2 is 1.44 bits per heavy atom. The van der Waals surface area contributed by atoms with E-state index in [4.69, 9.17) is 9.47 Å². The first-order valence-corrected chi connectivity index (χ1v) is 5.48. The van der Waals surface area contributed by atoms with Gasteiger partial charge in [-0.2, -0.15) is 0 Å². The normalized spacial score (nSPS) is 11.7. The first-order chi connectivity index (χ1) is 8.58. The van der Waals surface area contributed by atoms with E-state index in [1.165, 1.54) is 0 Å². The summed E-state index contributed by atoms with van der Waals surface area (Å²) < 4.78 is 48.4. The molecule has 0 bridgehead atoms. The lowest BCUT2D eigenvalue weighted by Crippen LogP contribution is -2.18. The van der Waals surface area contributed by atoms with Crippen LogP contribution in [0.3, 0.4) is 0 Å². The zero-order chi connectivity index (χ0) is 13.3. The van der Waals surface area contributed by atoms with Crippen LogP contribution >= 0.6 is 0 Å². The number of benzene rings is 1. The Labute approximate surface area is 103 Å². The van der Waals surface area contributed by atoms with Crippen molar-refractivity contribution in [1.82, 2.24) is 0 Å². The average molecular weight is 264 g/mol. The van der Waals surface area contributed by atoms with Gasteiger partial charge < -0.3 is 9.47 Å². The summed E-state index contributed by atoms with van der Waals surface area (Å²) >= 11 is 0. The number of halogens is 3. The van der Waals surface area contributed by atoms with E-state index in [0.29, 0.717) is 13.2 Å². The molecule has 1 aromatic carbocycles. The molecule has 0 heterocycles. The molecule has 102 valence electrons. The first-order valence-electron chi connectivity index (χ1n) is 5.48. The largest absolute Gasteiger partial charge is 0.522 e. The summed E-state index contributed by atoms with van der Waals surface area (Å²) in [5, 5.41) is 0. The van der Waals surface area contributed by atoms with Crippen LogP contribution in [0.5, 0.6) is 0 Å². The van der Waals surface area contributed by atoms with Crippen LogP contribution in [0.4, 0.5) is 13.2 Å². The van der Waals surface area contributed by atoms with Crippen molar-refractivity contribution in [3.8, 4) is 0 Å². The molecular formula is C12H15F3O3. The van der Waals surface area contributed by atoms with Gasteiger partial charge in [0.15, 0.2) is 0 Å². The Bertz CT molecular complexity index is 314. The molecule has 0 unspecified atom stereocenters. The molecule has 0 N–H and O–H groups in total. The Balaban J connectivity index is 1.90.